The minimum Gasteiger partial charge on any atom is -0.331 e. The summed E-state index contributed by atoms with van der Waals surface area (Å²) in [5.41, 5.74) is 1.20. The Kier molecular flexibility index (Phi) is 1.88. The van der Waals surface area contributed by atoms with Gasteiger partial charge in [0.1, 0.15) is 5.82 Å². The number of nitrogens with zero attached hydrogens (tertiary/aromatic N) is 4. The molecule has 2 aromatic heterocycles. The van der Waals surface area contributed by atoms with E-state index in [0.717, 1.165) is 12.4 Å². The minimum absolute atomic E-state index is 0.847. The summed E-state index contributed by atoms with van der Waals surface area (Å²) in [5, 5.41) is 4.11. The van der Waals surface area contributed by atoms with E-state index in [1.807, 2.05) is 43.4 Å². The Balaban J connectivity index is 2.19. The lowest BCUT2D eigenvalue weighted by atomic mass is 10.3. The number of aryl methyl sites for hydroxylation is 2. The number of hydrogen-bond donors (Lipinski definition) is 0. The second kappa shape index (κ2) is 3.05. The van der Waals surface area contributed by atoms with Gasteiger partial charge in [-0.1, -0.05) is 0 Å². The Morgan fingerprint density at radius 3 is 2.85 bits per heavy atom. The highest BCUT2D eigenvalue weighted by Gasteiger charge is 1.99. The Morgan fingerprint density at radius 1 is 1.46 bits per heavy atom. The number of rotatable bonds is 2. The van der Waals surface area contributed by atoms with Crippen molar-refractivity contribution in [1.82, 2.24) is 19.3 Å². The van der Waals surface area contributed by atoms with Gasteiger partial charge in [0.2, 0.25) is 0 Å². The zero-order valence-electron chi connectivity index (χ0n) is 7.81. The minimum atomic E-state index is 0.847. The Labute approximate surface area is 76.8 Å². The summed E-state index contributed by atoms with van der Waals surface area (Å²) < 4.78 is 3.90. The van der Waals surface area contributed by atoms with Crippen LogP contribution in [0.2, 0.25) is 0 Å². The molecule has 68 valence electrons. The maximum Gasteiger partial charge on any atom is 0.105 e. The summed E-state index contributed by atoms with van der Waals surface area (Å²) in [4.78, 5) is 4.16. The number of aromatic nitrogens is 4. The van der Waals surface area contributed by atoms with E-state index < -0.39 is 0 Å². The summed E-state index contributed by atoms with van der Waals surface area (Å²) in [6.45, 7) is 2.84. The van der Waals surface area contributed by atoms with Gasteiger partial charge in [0, 0.05) is 31.2 Å². The molecule has 0 spiro atoms. The van der Waals surface area contributed by atoms with Crippen molar-refractivity contribution in [3.8, 4) is 0 Å². The monoisotopic (exact) mass is 176 g/mol. The van der Waals surface area contributed by atoms with Crippen molar-refractivity contribution in [2.75, 3.05) is 0 Å². The molecule has 0 aromatic carbocycles. The Morgan fingerprint density at radius 2 is 2.31 bits per heavy atom. The molecule has 0 radical (unpaired) electrons. The van der Waals surface area contributed by atoms with Crippen LogP contribution in [-0.2, 0) is 13.6 Å². The van der Waals surface area contributed by atoms with Gasteiger partial charge in [0.15, 0.2) is 0 Å². The normalized spacial score (nSPS) is 10.6. The van der Waals surface area contributed by atoms with Crippen LogP contribution in [0.4, 0.5) is 0 Å². The van der Waals surface area contributed by atoms with Gasteiger partial charge in [-0.3, -0.25) is 4.68 Å². The van der Waals surface area contributed by atoms with Crippen LogP contribution in [-0.4, -0.2) is 19.3 Å². The molecular weight excluding hydrogens is 164 g/mol. The topological polar surface area (TPSA) is 35.6 Å². The average Bonchev–Trinajstić information content (AvgIpc) is 2.64. The molecule has 13 heavy (non-hydrogen) atoms. The van der Waals surface area contributed by atoms with Gasteiger partial charge in [0.25, 0.3) is 0 Å². The molecule has 0 bridgehead atoms. The van der Waals surface area contributed by atoms with Crippen molar-refractivity contribution in [3.63, 3.8) is 0 Å². The summed E-state index contributed by atoms with van der Waals surface area (Å²) in [7, 11) is 1.92. The van der Waals surface area contributed by atoms with Crippen molar-refractivity contribution in [2.45, 2.75) is 13.5 Å². The van der Waals surface area contributed by atoms with E-state index in [4.69, 9.17) is 0 Å². The first-order valence-electron chi connectivity index (χ1n) is 4.21. The summed E-state index contributed by atoms with van der Waals surface area (Å²) in [6.07, 6.45) is 7.67. The number of imidazole rings is 1. The lowest BCUT2D eigenvalue weighted by molar-refractivity contribution is 0.751. The third-order valence-corrected chi connectivity index (χ3v) is 2.03. The van der Waals surface area contributed by atoms with Gasteiger partial charge in [-0.2, -0.15) is 5.10 Å². The van der Waals surface area contributed by atoms with E-state index in [2.05, 4.69) is 14.6 Å². The Hall–Kier alpha value is -1.58. The largest absolute Gasteiger partial charge is 0.331 e. The van der Waals surface area contributed by atoms with Crippen LogP contribution in [0.3, 0.4) is 0 Å². The first-order valence-corrected chi connectivity index (χ1v) is 4.21. The van der Waals surface area contributed by atoms with E-state index in [0.29, 0.717) is 0 Å². The first-order chi connectivity index (χ1) is 6.25. The lowest BCUT2D eigenvalue weighted by Crippen LogP contribution is -1.99. The predicted octanol–water partition coefficient (Wildman–Crippen LogP) is 0.973. The highest BCUT2D eigenvalue weighted by molar-refractivity contribution is 5.06. The Bertz CT molecular complexity index is 399. The van der Waals surface area contributed by atoms with Crippen LogP contribution in [0.5, 0.6) is 0 Å². The van der Waals surface area contributed by atoms with Gasteiger partial charge < -0.3 is 4.57 Å². The number of hydrogen-bond acceptors (Lipinski definition) is 2. The molecule has 0 aliphatic carbocycles. The second-order valence-electron chi connectivity index (χ2n) is 3.12. The summed E-state index contributed by atoms with van der Waals surface area (Å²) >= 11 is 0. The fraction of sp³-hybridized carbons (Fsp3) is 0.333. The fourth-order valence-corrected chi connectivity index (χ4v) is 1.32. The molecule has 0 atom stereocenters. The first kappa shape index (κ1) is 8.04. The van der Waals surface area contributed by atoms with Crippen LogP contribution < -0.4 is 0 Å². The van der Waals surface area contributed by atoms with Gasteiger partial charge in [-0.15, -0.1) is 0 Å². The van der Waals surface area contributed by atoms with Crippen molar-refractivity contribution in [2.24, 2.45) is 7.05 Å². The average molecular weight is 176 g/mol. The molecule has 0 saturated carbocycles. The predicted molar refractivity (Wildman–Crippen MR) is 49.3 cm³/mol. The fourth-order valence-electron chi connectivity index (χ4n) is 1.32. The zero-order chi connectivity index (χ0) is 9.26. The van der Waals surface area contributed by atoms with E-state index >= 15 is 0 Å². The standard InChI is InChI=1S/C9H12N4/c1-8-10-3-4-13(8)7-9-5-11-12(2)6-9/h3-6H,7H2,1-2H3. The third kappa shape index (κ3) is 1.61. The highest BCUT2D eigenvalue weighted by Crippen LogP contribution is 2.02. The van der Waals surface area contributed by atoms with E-state index in [9.17, 15) is 0 Å². The van der Waals surface area contributed by atoms with E-state index in [1.54, 1.807) is 0 Å². The van der Waals surface area contributed by atoms with Crippen LogP contribution in [0.25, 0.3) is 0 Å². The van der Waals surface area contributed by atoms with Crippen molar-refractivity contribution in [1.29, 1.82) is 0 Å². The molecule has 0 saturated heterocycles. The summed E-state index contributed by atoms with van der Waals surface area (Å²) in [6, 6.07) is 0. The highest BCUT2D eigenvalue weighted by atomic mass is 15.2. The van der Waals surface area contributed by atoms with E-state index in [-0.39, 0.29) is 0 Å². The van der Waals surface area contributed by atoms with Crippen LogP contribution in [0.1, 0.15) is 11.4 Å². The van der Waals surface area contributed by atoms with Gasteiger partial charge >= 0.3 is 0 Å². The molecule has 0 aliphatic heterocycles. The van der Waals surface area contributed by atoms with Crippen molar-refractivity contribution >= 4 is 0 Å². The van der Waals surface area contributed by atoms with Crippen LogP contribution in [0, 0.1) is 6.92 Å². The van der Waals surface area contributed by atoms with Crippen LogP contribution >= 0.6 is 0 Å². The maximum atomic E-state index is 4.16. The van der Waals surface area contributed by atoms with Crippen molar-refractivity contribution in [3.05, 3.63) is 36.2 Å². The maximum absolute atomic E-state index is 4.16. The molecule has 0 fully saturated rings. The van der Waals surface area contributed by atoms with Gasteiger partial charge in [-0.25, -0.2) is 4.98 Å². The quantitative estimate of drug-likeness (QED) is 0.683. The molecule has 0 N–H and O–H groups in total. The molecular formula is C9H12N4. The molecule has 4 nitrogen and oxygen atoms in total. The van der Waals surface area contributed by atoms with Crippen molar-refractivity contribution < 1.29 is 0 Å². The molecule has 2 rings (SSSR count). The molecule has 2 heterocycles. The third-order valence-electron chi connectivity index (χ3n) is 2.03. The molecule has 0 unspecified atom stereocenters. The van der Waals surface area contributed by atoms with Gasteiger partial charge in [0.05, 0.1) is 12.7 Å². The smallest absolute Gasteiger partial charge is 0.105 e. The van der Waals surface area contributed by atoms with Gasteiger partial charge in [-0.05, 0) is 6.92 Å². The molecule has 0 amide bonds. The lowest BCUT2D eigenvalue weighted by Gasteiger charge is -2.00. The second-order valence-corrected chi connectivity index (χ2v) is 3.12. The molecule has 0 aliphatic rings. The van der Waals surface area contributed by atoms with E-state index in [1.165, 1.54) is 5.56 Å². The zero-order valence-corrected chi connectivity index (χ0v) is 7.81. The molecule has 2 aromatic rings. The molecule has 4 heteroatoms. The summed E-state index contributed by atoms with van der Waals surface area (Å²) in [5.74, 6) is 1.03. The SMILES string of the molecule is Cc1nccn1Cc1cnn(C)c1. The van der Waals surface area contributed by atoms with Crippen LogP contribution in [0.15, 0.2) is 24.8 Å².